The molecule has 4 aliphatic carbocycles. The van der Waals surface area contributed by atoms with Crippen LogP contribution in [-0.2, 0) is 0 Å². The van der Waals surface area contributed by atoms with Gasteiger partial charge in [-0.15, -0.1) is 0 Å². The van der Waals surface area contributed by atoms with E-state index < -0.39 is 5.60 Å². The van der Waals surface area contributed by atoms with Crippen LogP contribution in [0.25, 0.3) is 0 Å². The summed E-state index contributed by atoms with van der Waals surface area (Å²) in [6, 6.07) is 3.73. The zero-order valence-corrected chi connectivity index (χ0v) is 22.7. The van der Waals surface area contributed by atoms with Gasteiger partial charge in [0.1, 0.15) is 0 Å². The first-order valence-electron chi connectivity index (χ1n) is 14.6. The van der Waals surface area contributed by atoms with Gasteiger partial charge >= 0.3 is 11.7 Å². The van der Waals surface area contributed by atoms with Gasteiger partial charge in [0.25, 0.3) is 0 Å². The van der Waals surface area contributed by atoms with Crippen molar-refractivity contribution in [2.45, 2.75) is 102 Å². The summed E-state index contributed by atoms with van der Waals surface area (Å²) in [5, 5.41) is 22.3. The lowest BCUT2D eigenvalue weighted by molar-refractivity contribution is -0.203. The fraction of sp³-hybridized carbons (Fsp3) is 0.800. The average Bonchev–Trinajstić information content (AvgIpc) is 3.43. The minimum Gasteiger partial charge on any atom is -0.431 e. The Morgan fingerprint density at radius 3 is 2.57 bits per heavy atom. The molecule has 2 heterocycles. The number of fused-ring (bicyclic) bond motifs is 5. The Kier molecular flexibility index (Phi) is 6.07. The maximum absolute atomic E-state index is 13.1. The molecule has 1 aromatic rings. The third-order valence-corrected chi connectivity index (χ3v) is 12.2. The van der Waals surface area contributed by atoms with Crippen LogP contribution in [0.5, 0.6) is 0 Å². The Labute approximate surface area is 220 Å². The smallest absolute Gasteiger partial charge is 0.335 e. The van der Waals surface area contributed by atoms with Crippen LogP contribution < -0.4 is 5.63 Å². The second kappa shape index (κ2) is 8.84. The van der Waals surface area contributed by atoms with E-state index in [0.29, 0.717) is 37.3 Å². The lowest BCUT2D eigenvalue weighted by atomic mass is 9.43. The van der Waals surface area contributed by atoms with Crippen molar-refractivity contribution < 1.29 is 19.4 Å². The fourth-order valence-corrected chi connectivity index (χ4v) is 9.95. The summed E-state index contributed by atoms with van der Waals surface area (Å²) < 4.78 is 5.22. The molecule has 6 rings (SSSR count). The summed E-state index contributed by atoms with van der Waals surface area (Å²) in [7, 11) is 1.95. The number of urea groups is 1. The molecule has 1 unspecified atom stereocenters. The lowest BCUT2D eigenvalue weighted by Crippen LogP contribution is -2.62. The second-order valence-electron chi connectivity index (χ2n) is 13.6. The Morgan fingerprint density at radius 1 is 1.05 bits per heavy atom. The van der Waals surface area contributed by atoms with E-state index >= 15 is 0 Å². The molecule has 9 atom stereocenters. The van der Waals surface area contributed by atoms with Crippen LogP contribution in [-0.4, -0.2) is 63.9 Å². The molecule has 0 radical (unpaired) electrons. The monoisotopic (exact) mass is 512 g/mol. The summed E-state index contributed by atoms with van der Waals surface area (Å²) >= 11 is 0. The van der Waals surface area contributed by atoms with Gasteiger partial charge in [-0.05, 0) is 105 Å². The summed E-state index contributed by atoms with van der Waals surface area (Å²) in [4.78, 5) is 28.4. The topological polar surface area (TPSA) is 94.2 Å². The van der Waals surface area contributed by atoms with Crippen LogP contribution in [0.2, 0.25) is 0 Å². The molecule has 37 heavy (non-hydrogen) atoms. The van der Waals surface area contributed by atoms with Gasteiger partial charge in [-0.25, -0.2) is 9.59 Å². The summed E-state index contributed by atoms with van der Waals surface area (Å²) in [5.74, 6) is 1.59. The fourth-order valence-electron chi connectivity index (χ4n) is 9.95. The van der Waals surface area contributed by atoms with Gasteiger partial charge in [-0.1, -0.05) is 13.8 Å². The van der Waals surface area contributed by atoms with Crippen LogP contribution in [0.15, 0.2) is 27.6 Å². The average molecular weight is 513 g/mol. The molecule has 0 spiro atoms. The van der Waals surface area contributed by atoms with E-state index in [1.54, 1.807) is 11.2 Å². The normalized spacial score (nSPS) is 45.2. The first-order valence-corrected chi connectivity index (χ1v) is 14.6. The Hall–Kier alpha value is -1.86. The standard InChI is InChI=1S/C30H44N2O5/c1-28-12-8-21(31(3)27(35)32-15-11-22(33)17-32)16-20(28)5-6-25-24(28)9-13-29(2)23(10-14-30(25,29)36)19-4-7-26(34)37-18-19/h4,7,18,20-25,33,36H,5-6,8-17H2,1-3H3/t20-,21+,22?,23-,24+,25-,28+,29-,30+/m1/s1. The molecule has 0 bridgehead atoms. The number of carbonyl (C=O) groups is 1. The Bertz CT molecular complexity index is 1090. The van der Waals surface area contributed by atoms with Crippen LogP contribution in [0.1, 0.15) is 89.5 Å². The zero-order valence-electron chi connectivity index (χ0n) is 22.7. The van der Waals surface area contributed by atoms with E-state index in [1.807, 2.05) is 18.0 Å². The Balaban J connectivity index is 1.19. The number of nitrogens with zero attached hydrogens (tertiary/aromatic N) is 2. The highest BCUT2D eigenvalue weighted by Crippen LogP contribution is 2.70. The number of likely N-dealkylation sites (tertiary alicyclic amines) is 1. The predicted octanol–water partition coefficient (Wildman–Crippen LogP) is 4.37. The van der Waals surface area contributed by atoms with Crippen molar-refractivity contribution in [1.29, 1.82) is 0 Å². The molecule has 7 heteroatoms. The van der Waals surface area contributed by atoms with Gasteiger partial charge in [0, 0.05) is 37.7 Å². The number of β-amino-alcohol motifs (C(OH)–C–C–N with tert-alkyl or cyclic N) is 1. The van der Waals surface area contributed by atoms with Crippen molar-refractivity contribution in [2.75, 3.05) is 20.1 Å². The van der Waals surface area contributed by atoms with Crippen molar-refractivity contribution >= 4 is 6.03 Å². The molecule has 2 N–H and O–H groups in total. The largest absolute Gasteiger partial charge is 0.431 e. The third kappa shape index (κ3) is 3.74. The number of amides is 2. The first kappa shape index (κ1) is 25.4. The van der Waals surface area contributed by atoms with Crippen LogP contribution in [0, 0.1) is 28.6 Å². The number of aliphatic hydroxyl groups is 2. The molecule has 1 aromatic heterocycles. The third-order valence-electron chi connectivity index (χ3n) is 12.2. The van der Waals surface area contributed by atoms with Gasteiger partial charge < -0.3 is 24.4 Å². The van der Waals surface area contributed by atoms with Crippen molar-refractivity contribution in [1.82, 2.24) is 9.80 Å². The van der Waals surface area contributed by atoms with Crippen molar-refractivity contribution in [3.63, 3.8) is 0 Å². The van der Waals surface area contributed by atoms with Crippen molar-refractivity contribution in [3.05, 3.63) is 34.4 Å². The molecule has 5 aliphatic rings. The summed E-state index contributed by atoms with van der Waals surface area (Å²) in [6.45, 7) is 5.87. The van der Waals surface area contributed by atoms with Gasteiger partial charge in [-0.3, -0.25) is 0 Å². The first-order chi connectivity index (χ1) is 17.6. The molecule has 1 aliphatic heterocycles. The molecular weight excluding hydrogens is 468 g/mol. The zero-order chi connectivity index (χ0) is 26.2. The molecular formula is C30H44N2O5. The van der Waals surface area contributed by atoms with Crippen molar-refractivity contribution in [3.8, 4) is 0 Å². The molecule has 4 saturated carbocycles. The van der Waals surface area contributed by atoms with E-state index in [0.717, 1.165) is 63.4 Å². The number of rotatable bonds is 2. The van der Waals surface area contributed by atoms with E-state index in [4.69, 9.17) is 4.42 Å². The molecule has 5 fully saturated rings. The van der Waals surface area contributed by atoms with E-state index in [2.05, 4.69) is 13.8 Å². The van der Waals surface area contributed by atoms with E-state index in [9.17, 15) is 19.8 Å². The predicted molar refractivity (Wildman–Crippen MR) is 140 cm³/mol. The van der Waals surface area contributed by atoms with Gasteiger partial charge in [0.05, 0.1) is 18.0 Å². The van der Waals surface area contributed by atoms with Gasteiger partial charge in [0.15, 0.2) is 0 Å². The molecule has 2 amide bonds. The van der Waals surface area contributed by atoms with Gasteiger partial charge in [-0.2, -0.15) is 0 Å². The highest BCUT2D eigenvalue weighted by molar-refractivity contribution is 5.75. The maximum Gasteiger partial charge on any atom is 0.335 e. The van der Waals surface area contributed by atoms with Crippen LogP contribution in [0.3, 0.4) is 0 Å². The lowest BCUT2D eigenvalue weighted by Gasteiger charge is -2.64. The van der Waals surface area contributed by atoms with Crippen LogP contribution >= 0.6 is 0 Å². The minimum absolute atomic E-state index is 0.0651. The van der Waals surface area contributed by atoms with Crippen molar-refractivity contribution in [2.24, 2.45) is 28.6 Å². The highest BCUT2D eigenvalue weighted by Gasteiger charge is 2.67. The van der Waals surface area contributed by atoms with Crippen LogP contribution in [0.4, 0.5) is 4.79 Å². The minimum atomic E-state index is -0.690. The molecule has 0 aromatic carbocycles. The SMILES string of the molecule is CN(C(=O)N1CCC(O)C1)[C@H]1CC[C@@]2(C)[C@H](CC[C@@H]3[C@@H]2CC[C@]2(C)[C@@H](c4ccc(=O)oc4)CC[C@]32O)C1. The maximum atomic E-state index is 13.1. The molecule has 7 nitrogen and oxygen atoms in total. The molecule has 204 valence electrons. The summed E-state index contributed by atoms with van der Waals surface area (Å²) in [5.41, 5.74) is 0.0295. The summed E-state index contributed by atoms with van der Waals surface area (Å²) in [6.07, 6.45) is 11.1. The number of hydrogen-bond acceptors (Lipinski definition) is 5. The number of hydrogen-bond donors (Lipinski definition) is 2. The van der Waals surface area contributed by atoms with E-state index in [-0.39, 0.29) is 40.6 Å². The van der Waals surface area contributed by atoms with Gasteiger partial charge in [0.2, 0.25) is 0 Å². The number of carbonyl (C=O) groups excluding carboxylic acids is 1. The quantitative estimate of drug-likeness (QED) is 0.614. The van der Waals surface area contributed by atoms with E-state index in [1.165, 1.54) is 6.07 Å². The number of aliphatic hydroxyl groups excluding tert-OH is 1. The molecule has 1 saturated heterocycles. The highest BCUT2D eigenvalue weighted by atomic mass is 16.4. The Morgan fingerprint density at radius 2 is 1.86 bits per heavy atom. The second-order valence-corrected chi connectivity index (χ2v) is 13.6.